The minimum Gasteiger partial charge on any atom is -0.457 e. The summed E-state index contributed by atoms with van der Waals surface area (Å²) in [4.78, 5) is 14.2. The molecule has 2 aliphatic rings. The van der Waals surface area contributed by atoms with Gasteiger partial charge in [0, 0.05) is 61.8 Å². The number of aromatic nitrogens is 2. The van der Waals surface area contributed by atoms with Gasteiger partial charge in [-0.2, -0.15) is 0 Å². The van der Waals surface area contributed by atoms with E-state index < -0.39 is 0 Å². The monoisotopic (exact) mass is 499 g/mol. The van der Waals surface area contributed by atoms with Gasteiger partial charge < -0.3 is 19.9 Å². The first-order chi connectivity index (χ1) is 17.7. The first kappa shape index (κ1) is 23.3. The average molecular weight is 500 g/mol. The van der Waals surface area contributed by atoms with Crippen LogP contribution in [0.3, 0.4) is 0 Å². The highest BCUT2D eigenvalue weighted by atomic mass is 32.1. The number of fused-ring (bicyclic) bond motifs is 1. The average Bonchev–Trinajstić information content (AvgIpc) is 3.31. The standard InChI is InChI=1S/C29H33N5OS/c1-33-15-17-34(18-16-33)23-9-7-21(8-10-23)27-19-25(13-14-30-27)35-24-11-12-26-28(20-24)36-29(32-26)31-22-5-3-2-4-6-22/h7-14,19-20,22H,2-6,15-18H2,1H3,(H,31,32). The second-order valence-electron chi connectivity index (χ2n) is 9.94. The van der Waals surface area contributed by atoms with Gasteiger partial charge in [0.05, 0.1) is 15.9 Å². The van der Waals surface area contributed by atoms with Crippen LogP contribution >= 0.6 is 11.3 Å². The summed E-state index contributed by atoms with van der Waals surface area (Å²) in [6.45, 7) is 4.35. The third-order valence-corrected chi connectivity index (χ3v) is 8.24. The molecule has 36 heavy (non-hydrogen) atoms. The fraction of sp³-hybridized carbons (Fsp3) is 0.379. The van der Waals surface area contributed by atoms with Crippen LogP contribution in [0.4, 0.5) is 10.8 Å². The number of nitrogens with one attached hydrogen (secondary N) is 1. The highest BCUT2D eigenvalue weighted by Crippen LogP contribution is 2.33. The third-order valence-electron chi connectivity index (χ3n) is 7.29. The fourth-order valence-corrected chi connectivity index (χ4v) is 6.10. The molecule has 0 amide bonds. The van der Waals surface area contributed by atoms with E-state index in [2.05, 4.69) is 57.5 Å². The largest absolute Gasteiger partial charge is 0.457 e. The fourth-order valence-electron chi connectivity index (χ4n) is 5.13. The van der Waals surface area contributed by atoms with Crippen molar-refractivity contribution in [2.45, 2.75) is 38.1 Å². The van der Waals surface area contributed by atoms with Gasteiger partial charge in [-0.1, -0.05) is 42.7 Å². The number of nitrogens with zero attached hydrogens (tertiary/aromatic N) is 4. The predicted octanol–water partition coefficient (Wildman–Crippen LogP) is 6.65. The second kappa shape index (κ2) is 10.4. The molecule has 0 radical (unpaired) electrons. The number of hydrogen-bond acceptors (Lipinski definition) is 7. The topological polar surface area (TPSA) is 53.5 Å². The summed E-state index contributed by atoms with van der Waals surface area (Å²) in [5.41, 5.74) is 4.29. The van der Waals surface area contributed by atoms with Crippen molar-refractivity contribution in [2.75, 3.05) is 43.4 Å². The quantitative estimate of drug-likeness (QED) is 0.321. The lowest BCUT2D eigenvalue weighted by Gasteiger charge is -2.34. The summed E-state index contributed by atoms with van der Waals surface area (Å²) in [6.07, 6.45) is 8.29. The molecule has 2 aromatic heterocycles. The van der Waals surface area contributed by atoms with Crippen molar-refractivity contribution in [3.63, 3.8) is 0 Å². The van der Waals surface area contributed by atoms with Crippen LogP contribution in [0.15, 0.2) is 60.8 Å². The molecule has 4 aromatic rings. The number of ether oxygens (including phenoxy) is 1. The van der Waals surface area contributed by atoms with E-state index in [4.69, 9.17) is 9.72 Å². The number of likely N-dealkylation sites (N-methyl/N-ethyl adjacent to an activating group) is 1. The van der Waals surface area contributed by atoms with Crippen LogP contribution in [0.1, 0.15) is 32.1 Å². The summed E-state index contributed by atoms with van der Waals surface area (Å²) >= 11 is 1.71. The van der Waals surface area contributed by atoms with E-state index >= 15 is 0 Å². The van der Waals surface area contributed by atoms with Gasteiger partial charge in [0.1, 0.15) is 11.5 Å². The molecule has 2 fully saturated rings. The van der Waals surface area contributed by atoms with Crippen molar-refractivity contribution in [1.82, 2.24) is 14.9 Å². The third kappa shape index (κ3) is 5.32. The normalized spacial score (nSPS) is 17.4. The molecular weight excluding hydrogens is 466 g/mol. The number of anilines is 2. The number of benzene rings is 2. The smallest absolute Gasteiger partial charge is 0.184 e. The second-order valence-corrected chi connectivity index (χ2v) is 11.0. The Bertz CT molecular complexity index is 1310. The van der Waals surface area contributed by atoms with E-state index in [1.807, 2.05) is 30.5 Å². The van der Waals surface area contributed by atoms with Gasteiger partial charge >= 0.3 is 0 Å². The minimum atomic E-state index is 0.556. The first-order valence-electron chi connectivity index (χ1n) is 13.0. The Morgan fingerprint density at radius 3 is 2.47 bits per heavy atom. The molecule has 2 aromatic carbocycles. The zero-order valence-electron chi connectivity index (χ0n) is 20.8. The predicted molar refractivity (Wildman–Crippen MR) is 150 cm³/mol. The van der Waals surface area contributed by atoms with Crippen molar-refractivity contribution in [2.24, 2.45) is 0 Å². The molecule has 0 unspecified atom stereocenters. The van der Waals surface area contributed by atoms with Gasteiger partial charge in [-0.25, -0.2) is 4.98 Å². The number of piperazine rings is 1. The Morgan fingerprint density at radius 2 is 1.67 bits per heavy atom. The Morgan fingerprint density at radius 1 is 0.889 bits per heavy atom. The van der Waals surface area contributed by atoms with Gasteiger partial charge in [0.15, 0.2) is 5.13 Å². The number of thiazole rings is 1. The number of rotatable bonds is 6. The first-order valence-corrected chi connectivity index (χ1v) is 13.9. The Balaban J connectivity index is 1.14. The molecule has 1 aliphatic carbocycles. The Labute approximate surface area is 216 Å². The Hall–Kier alpha value is -3.16. The van der Waals surface area contributed by atoms with Crippen LogP contribution in [0.5, 0.6) is 11.5 Å². The van der Waals surface area contributed by atoms with E-state index in [0.29, 0.717) is 6.04 Å². The van der Waals surface area contributed by atoms with Gasteiger partial charge in [-0.3, -0.25) is 4.98 Å². The SMILES string of the molecule is CN1CCN(c2ccc(-c3cc(Oc4ccc5nc(NC6CCCCC6)sc5c4)ccn3)cc2)CC1. The van der Waals surface area contributed by atoms with Crippen LogP contribution in [-0.4, -0.2) is 54.1 Å². The van der Waals surface area contributed by atoms with Crippen LogP contribution in [0, 0.1) is 0 Å². The molecule has 6 rings (SSSR count). The summed E-state index contributed by atoms with van der Waals surface area (Å²) in [5.74, 6) is 1.60. The summed E-state index contributed by atoms with van der Waals surface area (Å²) in [7, 11) is 2.18. The maximum atomic E-state index is 6.24. The van der Waals surface area contributed by atoms with Crippen molar-refractivity contribution in [1.29, 1.82) is 0 Å². The molecule has 3 heterocycles. The highest BCUT2D eigenvalue weighted by Gasteiger charge is 2.16. The van der Waals surface area contributed by atoms with Crippen molar-refractivity contribution in [3.8, 4) is 22.8 Å². The molecule has 1 saturated heterocycles. The zero-order chi connectivity index (χ0) is 24.3. The van der Waals surface area contributed by atoms with E-state index in [9.17, 15) is 0 Å². The van der Waals surface area contributed by atoms with Crippen molar-refractivity contribution >= 4 is 32.4 Å². The maximum Gasteiger partial charge on any atom is 0.184 e. The maximum absolute atomic E-state index is 6.24. The van der Waals surface area contributed by atoms with E-state index in [1.165, 1.54) is 37.8 Å². The number of hydrogen-bond donors (Lipinski definition) is 1. The van der Waals surface area contributed by atoms with E-state index in [0.717, 1.165) is 64.3 Å². The van der Waals surface area contributed by atoms with Crippen LogP contribution < -0.4 is 15.0 Å². The molecule has 1 N–H and O–H groups in total. The number of pyridine rings is 1. The van der Waals surface area contributed by atoms with Gasteiger partial charge in [0.25, 0.3) is 0 Å². The molecule has 1 saturated carbocycles. The van der Waals surface area contributed by atoms with Gasteiger partial charge in [-0.05, 0) is 50.2 Å². The molecule has 1 aliphatic heterocycles. The molecular formula is C29H33N5OS. The molecule has 0 spiro atoms. The summed E-state index contributed by atoms with van der Waals surface area (Å²) in [6, 6.07) is 19.3. The van der Waals surface area contributed by atoms with Crippen molar-refractivity contribution < 1.29 is 4.74 Å². The lowest BCUT2D eigenvalue weighted by atomic mass is 9.96. The minimum absolute atomic E-state index is 0.556. The van der Waals surface area contributed by atoms with E-state index in [1.54, 1.807) is 11.3 Å². The van der Waals surface area contributed by atoms with E-state index in [-0.39, 0.29) is 0 Å². The Kier molecular flexibility index (Phi) is 6.75. The van der Waals surface area contributed by atoms with Crippen LogP contribution in [-0.2, 0) is 0 Å². The van der Waals surface area contributed by atoms with Gasteiger partial charge in [-0.15, -0.1) is 0 Å². The van der Waals surface area contributed by atoms with Crippen molar-refractivity contribution in [3.05, 3.63) is 60.8 Å². The highest BCUT2D eigenvalue weighted by molar-refractivity contribution is 7.22. The molecule has 7 heteroatoms. The molecule has 0 atom stereocenters. The lowest BCUT2D eigenvalue weighted by molar-refractivity contribution is 0.313. The lowest BCUT2D eigenvalue weighted by Crippen LogP contribution is -2.44. The van der Waals surface area contributed by atoms with Gasteiger partial charge in [0.2, 0.25) is 0 Å². The van der Waals surface area contributed by atoms with Crippen LogP contribution in [0.25, 0.3) is 21.5 Å². The zero-order valence-corrected chi connectivity index (χ0v) is 21.6. The molecule has 6 nitrogen and oxygen atoms in total. The molecule has 0 bridgehead atoms. The summed E-state index contributed by atoms with van der Waals surface area (Å²) in [5, 5.41) is 4.66. The summed E-state index contributed by atoms with van der Waals surface area (Å²) < 4.78 is 7.38. The molecule has 186 valence electrons. The van der Waals surface area contributed by atoms with Crippen LogP contribution in [0.2, 0.25) is 0 Å².